The van der Waals surface area contributed by atoms with Crippen LogP contribution in [0, 0.1) is 5.82 Å². The highest BCUT2D eigenvalue weighted by molar-refractivity contribution is 5.92. The number of nitrogens with zero attached hydrogens (tertiary/aromatic N) is 4. The number of β-amino-alcohol motifs (C(OH)–C–C–N with tert-alkyl or cyclic N) is 1. The van der Waals surface area contributed by atoms with E-state index in [1.54, 1.807) is 35.4 Å². The number of pyridine rings is 1. The van der Waals surface area contributed by atoms with Crippen LogP contribution < -0.4 is 4.90 Å². The van der Waals surface area contributed by atoms with Gasteiger partial charge < -0.3 is 14.9 Å². The summed E-state index contributed by atoms with van der Waals surface area (Å²) >= 11 is 0. The molecule has 4 rings (SSSR count). The fourth-order valence-corrected chi connectivity index (χ4v) is 4.18. The molecule has 2 aliphatic rings. The lowest BCUT2D eigenvalue weighted by Gasteiger charge is -2.45. The van der Waals surface area contributed by atoms with E-state index >= 15 is 0 Å². The van der Waals surface area contributed by atoms with Crippen molar-refractivity contribution >= 4 is 11.6 Å². The zero-order valence-electron chi connectivity index (χ0n) is 15.7. The largest absolute Gasteiger partial charge is 0.390 e. The maximum Gasteiger partial charge on any atom is 0.272 e. The number of piperazine rings is 1. The van der Waals surface area contributed by atoms with E-state index < -0.39 is 6.10 Å². The summed E-state index contributed by atoms with van der Waals surface area (Å²) in [6.07, 6.45) is 1.73. The van der Waals surface area contributed by atoms with Crippen molar-refractivity contribution in [3.63, 3.8) is 0 Å². The average molecular weight is 384 g/mol. The topological polar surface area (TPSA) is 59.9 Å². The lowest BCUT2D eigenvalue weighted by atomic mass is 9.98. The first-order valence-corrected chi connectivity index (χ1v) is 9.75. The third-order valence-electron chi connectivity index (χ3n) is 5.69. The number of rotatable bonds is 3. The molecule has 1 aromatic carbocycles. The van der Waals surface area contributed by atoms with E-state index in [0.717, 1.165) is 32.6 Å². The molecule has 0 aliphatic carbocycles. The number of amides is 1. The van der Waals surface area contributed by atoms with E-state index in [4.69, 9.17) is 0 Å². The number of carbonyl (C=O) groups is 1. The number of hydrogen-bond acceptors (Lipinski definition) is 5. The third kappa shape index (κ3) is 3.86. The van der Waals surface area contributed by atoms with Crippen LogP contribution in [0.15, 0.2) is 48.7 Å². The maximum atomic E-state index is 14.0. The molecule has 28 heavy (non-hydrogen) atoms. The van der Waals surface area contributed by atoms with Gasteiger partial charge in [-0.05, 0) is 30.7 Å². The number of likely N-dealkylation sites (tertiary alicyclic amines) is 1. The molecule has 0 bridgehead atoms. The van der Waals surface area contributed by atoms with Crippen molar-refractivity contribution in [1.82, 2.24) is 14.8 Å². The van der Waals surface area contributed by atoms with Gasteiger partial charge in [-0.3, -0.25) is 14.7 Å². The highest BCUT2D eigenvalue weighted by Crippen LogP contribution is 2.24. The zero-order valence-corrected chi connectivity index (χ0v) is 15.7. The molecule has 2 aliphatic heterocycles. The predicted octanol–water partition coefficient (Wildman–Crippen LogP) is 1.62. The number of carbonyl (C=O) groups excluding carboxylic acids is 1. The van der Waals surface area contributed by atoms with Crippen molar-refractivity contribution in [1.29, 1.82) is 0 Å². The number of anilines is 1. The summed E-state index contributed by atoms with van der Waals surface area (Å²) in [6, 6.07) is 12.1. The van der Waals surface area contributed by atoms with Crippen molar-refractivity contribution in [3.05, 3.63) is 60.2 Å². The first kappa shape index (κ1) is 18.8. The number of piperidine rings is 1. The molecule has 0 spiro atoms. The van der Waals surface area contributed by atoms with Gasteiger partial charge in [-0.1, -0.05) is 18.2 Å². The lowest BCUT2D eigenvalue weighted by Crippen LogP contribution is -2.59. The lowest BCUT2D eigenvalue weighted by molar-refractivity contribution is -0.0109. The second-order valence-corrected chi connectivity index (χ2v) is 7.36. The van der Waals surface area contributed by atoms with Crippen LogP contribution in [-0.2, 0) is 0 Å². The van der Waals surface area contributed by atoms with E-state index in [-0.39, 0.29) is 17.8 Å². The molecule has 2 fully saturated rings. The summed E-state index contributed by atoms with van der Waals surface area (Å²) in [5.41, 5.74) is 1.05. The number of aliphatic hydroxyl groups excluding tert-OH is 1. The summed E-state index contributed by atoms with van der Waals surface area (Å²) in [5, 5.41) is 10.7. The van der Waals surface area contributed by atoms with Crippen molar-refractivity contribution < 1.29 is 14.3 Å². The SMILES string of the molecule is O=C(c1ccccn1)N1CC[C@@H](N2CCN(c3ccccc3F)CC2)[C@H](O)C1. The normalized spacial score (nSPS) is 23.6. The minimum atomic E-state index is -0.596. The van der Waals surface area contributed by atoms with Gasteiger partial charge in [0.1, 0.15) is 11.5 Å². The quantitative estimate of drug-likeness (QED) is 0.872. The Morgan fingerprint density at radius 1 is 1.04 bits per heavy atom. The molecule has 2 saturated heterocycles. The molecule has 1 amide bonds. The van der Waals surface area contributed by atoms with Gasteiger partial charge >= 0.3 is 0 Å². The molecule has 2 atom stereocenters. The van der Waals surface area contributed by atoms with Crippen molar-refractivity contribution in [3.8, 4) is 0 Å². The second kappa shape index (κ2) is 8.24. The van der Waals surface area contributed by atoms with Gasteiger partial charge in [-0.25, -0.2) is 4.39 Å². The molecule has 0 unspecified atom stereocenters. The van der Waals surface area contributed by atoms with Crippen LogP contribution in [0.1, 0.15) is 16.9 Å². The Kier molecular flexibility index (Phi) is 5.54. The van der Waals surface area contributed by atoms with Gasteiger partial charge in [-0.15, -0.1) is 0 Å². The van der Waals surface area contributed by atoms with Gasteiger partial charge in [0.15, 0.2) is 0 Å². The Balaban J connectivity index is 1.33. The van der Waals surface area contributed by atoms with Crippen LogP contribution in [0.2, 0.25) is 0 Å². The predicted molar refractivity (Wildman–Crippen MR) is 105 cm³/mol. The number of benzene rings is 1. The Bertz CT molecular complexity index is 811. The molecule has 6 nitrogen and oxygen atoms in total. The van der Waals surface area contributed by atoms with Crippen molar-refractivity contribution in [2.45, 2.75) is 18.6 Å². The van der Waals surface area contributed by atoms with Crippen LogP contribution in [0.4, 0.5) is 10.1 Å². The van der Waals surface area contributed by atoms with Crippen LogP contribution in [-0.4, -0.2) is 77.2 Å². The Morgan fingerprint density at radius 3 is 2.46 bits per heavy atom. The summed E-state index contributed by atoms with van der Waals surface area (Å²) in [4.78, 5) is 22.7. The average Bonchev–Trinajstić information content (AvgIpc) is 2.74. The number of aliphatic hydroxyl groups is 1. The fourth-order valence-electron chi connectivity index (χ4n) is 4.18. The summed E-state index contributed by atoms with van der Waals surface area (Å²) < 4.78 is 14.0. The molecule has 0 radical (unpaired) electrons. The Morgan fingerprint density at radius 2 is 1.79 bits per heavy atom. The fraction of sp³-hybridized carbons (Fsp3) is 0.429. The van der Waals surface area contributed by atoms with Gasteiger partial charge in [0.25, 0.3) is 5.91 Å². The van der Waals surface area contributed by atoms with Crippen LogP contribution in [0.25, 0.3) is 0 Å². The zero-order chi connectivity index (χ0) is 19.5. The minimum Gasteiger partial charge on any atom is -0.390 e. The molecule has 7 heteroatoms. The number of halogens is 1. The molecule has 3 heterocycles. The maximum absolute atomic E-state index is 14.0. The van der Waals surface area contributed by atoms with E-state index in [1.807, 2.05) is 12.1 Å². The third-order valence-corrected chi connectivity index (χ3v) is 5.69. The molecule has 148 valence electrons. The number of aromatic nitrogens is 1. The monoisotopic (exact) mass is 384 g/mol. The van der Waals surface area contributed by atoms with Crippen LogP contribution >= 0.6 is 0 Å². The van der Waals surface area contributed by atoms with Gasteiger partial charge in [0, 0.05) is 51.5 Å². The molecule has 1 aromatic heterocycles. The van der Waals surface area contributed by atoms with Gasteiger partial charge in [0.2, 0.25) is 0 Å². The number of para-hydroxylation sites is 1. The molecular formula is C21H25FN4O2. The minimum absolute atomic E-state index is 0.0237. The highest BCUT2D eigenvalue weighted by Gasteiger charge is 2.35. The van der Waals surface area contributed by atoms with Gasteiger partial charge in [-0.2, -0.15) is 0 Å². The van der Waals surface area contributed by atoms with Crippen LogP contribution in [0.3, 0.4) is 0 Å². The summed E-state index contributed by atoms with van der Waals surface area (Å²) in [5.74, 6) is -0.334. The second-order valence-electron chi connectivity index (χ2n) is 7.36. The Labute approximate surface area is 164 Å². The standard InChI is InChI=1S/C21H25FN4O2/c22-16-5-1-2-7-18(16)24-11-13-25(14-12-24)19-8-10-26(15-20(19)27)21(28)17-6-3-4-9-23-17/h1-7,9,19-20,27H,8,10-15H2/t19-,20-/m1/s1. The van der Waals surface area contributed by atoms with Crippen LogP contribution in [0.5, 0.6) is 0 Å². The van der Waals surface area contributed by atoms with E-state index in [0.29, 0.717) is 24.5 Å². The van der Waals surface area contributed by atoms with Crippen molar-refractivity contribution in [2.24, 2.45) is 0 Å². The highest BCUT2D eigenvalue weighted by atomic mass is 19.1. The van der Waals surface area contributed by atoms with E-state index in [9.17, 15) is 14.3 Å². The molecule has 1 N–H and O–H groups in total. The van der Waals surface area contributed by atoms with Crippen molar-refractivity contribution in [2.75, 3.05) is 44.2 Å². The first-order chi connectivity index (χ1) is 13.6. The molecule has 0 saturated carbocycles. The first-order valence-electron chi connectivity index (χ1n) is 9.75. The van der Waals surface area contributed by atoms with Gasteiger partial charge in [0.05, 0.1) is 11.8 Å². The summed E-state index contributed by atoms with van der Waals surface area (Å²) in [7, 11) is 0. The number of hydrogen-bond donors (Lipinski definition) is 1. The summed E-state index contributed by atoms with van der Waals surface area (Å²) in [6.45, 7) is 3.90. The smallest absolute Gasteiger partial charge is 0.272 e. The van der Waals surface area contributed by atoms with E-state index in [2.05, 4.69) is 14.8 Å². The van der Waals surface area contributed by atoms with E-state index in [1.165, 1.54) is 6.07 Å². The molecule has 2 aromatic rings. The molecular weight excluding hydrogens is 359 g/mol. The Hall–Kier alpha value is -2.51.